The number of nitrogens with zero attached hydrogens (tertiary/aromatic N) is 1. The van der Waals surface area contributed by atoms with Crippen LogP contribution < -0.4 is 10.0 Å². The number of nitrogens with one attached hydrogen (secondary N) is 3. The minimum atomic E-state index is -3.48. The lowest BCUT2D eigenvalue weighted by atomic mass is 10.1. The summed E-state index contributed by atoms with van der Waals surface area (Å²) in [7, 11) is -3.48. The Hall–Kier alpha value is -0.920. The number of aromatic nitrogens is 2. The Balaban J connectivity index is 1.87. The van der Waals surface area contributed by atoms with Gasteiger partial charge in [0.15, 0.2) is 5.03 Å². The zero-order valence-electron chi connectivity index (χ0n) is 12.7. The van der Waals surface area contributed by atoms with E-state index < -0.39 is 10.0 Å². The highest BCUT2D eigenvalue weighted by atomic mass is 32.2. The van der Waals surface area contributed by atoms with Crippen molar-refractivity contribution in [2.45, 2.75) is 57.0 Å². The fourth-order valence-electron chi connectivity index (χ4n) is 2.83. The SMILES string of the molecule is CCCNCc1cn[nH]c1S(=O)(=O)NCCC1CCCC1. The third-order valence-corrected chi connectivity index (χ3v) is 5.48. The number of H-pyrrole nitrogens is 1. The summed E-state index contributed by atoms with van der Waals surface area (Å²) >= 11 is 0. The lowest BCUT2D eigenvalue weighted by molar-refractivity contribution is 0.495. The Bertz CT molecular complexity index is 521. The maximum atomic E-state index is 12.3. The van der Waals surface area contributed by atoms with E-state index in [0.717, 1.165) is 19.4 Å². The summed E-state index contributed by atoms with van der Waals surface area (Å²) in [5.41, 5.74) is 0.691. The van der Waals surface area contributed by atoms with Gasteiger partial charge in [-0.25, -0.2) is 13.1 Å². The molecule has 0 atom stereocenters. The molecule has 2 rings (SSSR count). The van der Waals surface area contributed by atoms with Crippen molar-refractivity contribution < 1.29 is 8.42 Å². The van der Waals surface area contributed by atoms with Crippen LogP contribution >= 0.6 is 0 Å². The first-order chi connectivity index (χ1) is 10.1. The molecule has 0 bridgehead atoms. The molecule has 1 heterocycles. The zero-order valence-corrected chi connectivity index (χ0v) is 13.5. The smallest absolute Gasteiger partial charge is 0.257 e. The molecule has 1 aromatic heterocycles. The standard InChI is InChI=1S/C14H26N4O2S/c1-2-8-15-10-13-11-16-18-14(13)21(19,20)17-9-7-12-5-3-4-6-12/h11-12,15,17H,2-10H2,1H3,(H,16,18). The number of hydrogen-bond acceptors (Lipinski definition) is 4. The van der Waals surface area contributed by atoms with Gasteiger partial charge >= 0.3 is 0 Å². The van der Waals surface area contributed by atoms with Crippen LogP contribution in [-0.2, 0) is 16.6 Å². The van der Waals surface area contributed by atoms with E-state index in [9.17, 15) is 8.42 Å². The first kappa shape index (κ1) is 16.5. The highest BCUT2D eigenvalue weighted by Gasteiger charge is 2.21. The van der Waals surface area contributed by atoms with Gasteiger partial charge in [0.25, 0.3) is 10.0 Å². The van der Waals surface area contributed by atoms with E-state index in [1.54, 1.807) is 6.20 Å². The lowest BCUT2D eigenvalue weighted by Gasteiger charge is -2.10. The van der Waals surface area contributed by atoms with Crippen molar-refractivity contribution in [2.75, 3.05) is 13.1 Å². The van der Waals surface area contributed by atoms with Crippen LogP contribution in [0.5, 0.6) is 0 Å². The van der Waals surface area contributed by atoms with E-state index in [-0.39, 0.29) is 5.03 Å². The number of aromatic amines is 1. The van der Waals surface area contributed by atoms with Crippen molar-refractivity contribution in [3.63, 3.8) is 0 Å². The molecule has 6 nitrogen and oxygen atoms in total. The number of hydrogen-bond donors (Lipinski definition) is 3. The average Bonchev–Trinajstić information content (AvgIpc) is 3.10. The topological polar surface area (TPSA) is 86.9 Å². The Kier molecular flexibility index (Phi) is 6.20. The summed E-state index contributed by atoms with van der Waals surface area (Å²) in [4.78, 5) is 0. The molecule has 120 valence electrons. The zero-order chi connectivity index (χ0) is 15.1. The van der Waals surface area contributed by atoms with Gasteiger partial charge in [0.1, 0.15) is 0 Å². The fraction of sp³-hybridized carbons (Fsp3) is 0.786. The van der Waals surface area contributed by atoms with Crippen LogP contribution in [0, 0.1) is 5.92 Å². The Morgan fingerprint density at radius 2 is 2.10 bits per heavy atom. The van der Waals surface area contributed by atoms with Gasteiger partial charge in [-0.15, -0.1) is 0 Å². The van der Waals surface area contributed by atoms with Crippen LogP contribution in [0.3, 0.4) is 0 Å². The Labute approximate surface area is 127 Å². The van der Waals surface area contributed by atoms with E-state index in [0.29, 0.717) is 24.6 Å². The van der Waals surface area contributed by atoms with E-state index in [4.69, 9.17) is 0 Å². The van der Waals surface area contributed by atoms with Crippen LogP contribution in [0.25, 0.3) is 0 Å². The molecule has 0 radical (unpaired) electrons. The largest absolute Gasteiger partial charge is 0.313 e. The van der Waals surface area contributed by atoms with E-state index in [2.05, 4.69) is 27.2 Å². The average molecular weight is 314 g/mol. The van der Waals surface area contributed by atoms with Gasteiger partial charge in [-0.3, -0.25) is 5.10 Å². The highest BCUT2D eigenvalue weighted by Crippen LogP contribution is 2.27. The van der Waals surface area contributed by atoms with Crippen LogP contribution in [0.15, 0.2) is 11.2 Å². The number of rotatable bonds is 9. The fourth-order valence-corrected chi connectivity index (χ4v) is 4.00. The van der Waals surface area contributed by atoms with Gasteiger partial charge in [0.2, 0.25) is 0 Å². The lowest BCUT2D eigenvalue weighted by Crippen LogP contribution is -2.28. The second kappa shape index (κ2) is 7.91. The second-order valence-corrected chi connectivity index (χ2v) is 7.44. The van der Waals surface area contributed by atoms with Gasteiger partial charge in [0, 0.05) is 18.7 Å². The van der Waals surface area contributed by atoms with Crippen molar-refractivity contribution in [1.82, 2.24) is 20.2 Å². The third kappa shape index (κ3) is 4.79. The minimum Gasteiger partial charge on any atom is -0.313 e. The molecule has 1 saturated carbocycles. The van der Waals surface area contributed by atoms with Crippen molar-refractivity contribution in [2.24, 2.45) is 5.92 Å². The van der Waals surface area contributed by atoms with Crippen LogP contribution in [0.2, 0.25) is 0 Å². The first-order valence-electron chi connectivity index (χ1n) is 7.86. The molecule has 1 aromatic rings. The van der Waals surface area contributed by atoms with Gasteiger partial charge < -0.3 is 5.32 Å². The van der Waals surface area contributed by atoms with E-state index in [1.807, 2.05) is 0 Å². The molecule has 1 aliphatic carbocycles. The molecular weight excluding hydrogens is 288 g/mol. The van der Waals surface area contributed by atoms with Gasteiger partial charge in [-0.1, -0.05) is 32.6 Å². The maximum absolute atomic E-state index is 12.3. The van der Waals surface area contributed by atoms with Crippen molar-refractivity contribution in [3.8, 4) is 0 Å². The summed E-state index contributed by atoms with van der Waals surface area (Å²) < 4.78 is 27.3. The minimum absolute atomic E-state index is 0.192. The molecule has 1 fully saturated rings. The Morgan fingerprint density at radius 3 is 2.81 bits per heavy atom. The van der Waals surface area contributed by atoms with E-state index >= 15 is 0 Å². The molecule has 0 aliphatic heterocycles. The molecule has 1 aliphatic rings. The normalized spacial score (nSPS) is 16.6. The quantitative estimate of drug-likeness (QED) is 0.606. The maximum Gasteiger partial charge on any atom is 0.257 e. The molecule has 0 unspecified atom stereocenters. The summed E-state index contributed by atoms with van der Waals surface area (Å²) in [6, 6.07) is 0. The van der Waals surface area contributed by atoms with Crippen LogP contribution in [0.1, 0.15) is 51.0 Å². The van der Waals surface area contributed by atoms with Crippen LogP contribution in [0.4, 0.5) is 0 Å². The van der Waals surface area contributed by atoms with Gasteiger partial charge in [-0.2, -0.15) is 5.10 Å². The second-order valence-electron chi connectivity index (χ2n) is 5.74. The molecule has 0 aromatic carbocycles. The Morgan fingerprint density at radius 1 is 1.33 bits per heavy atom. The summed E-state index contributed by atoms with van der Waals surface area (Å²) in [5.74, 6) is 0.681. The predicted molar refractivity (Wildman–Crippen MR) is 82.3 cm³/mol. The molecule has 3 N–H and O–H groups in total. The molecule has 7 heteroatoms. The van der Waals surface area contributed by atoms with E-state index in [1.165, 1.54) is 25.7 Å². The number of sulfonamides is 1. The summed E-state index contributed by atoms with van der Waals surface area (Å²) in [6.07, 6.45) is 8.55. The first-order valence-corrected chi connectivity index (χ1v) is 9.34. The molecular formula is C14H26N4O2S. The predicted octanol–water partition coefficient (Wildman–Crippen LogP) is 1.77. The van der Waals surface area contributed by atoms with Crippen molar-refractivity contribution >= 4 is 10.0 Å². The molecule has 0 spiro atoms. The summed E-state index contributed by atoms with van der Waals surface area (Å²) in [6.45, 7) is 3.96. The van der Waals surface area contributed by atoms with Crippen molar-refractivity contribution in [1.29, 1.82) is 0 Å². The molecule has 21 heavy (non-hydrogen) atoms. The van der Waals surface area contributed by atoms with Crippen LogP contribution in [-0.4, -0.2) is 31.7 Å². The summed E-state index contributed by atoms with van der Waals surface area (Å²) in [5, 5.41) is 9.87. The molecule has 0 saturated heterocycles. The molecule has 0 amide bonds. The van der Waals surface area contributed by atoms with Gasteiger partial charge in [0.05, 0.1) is 6.20 Å². The third-order valence-electron chi connectivity index (χ3n) is 4.01. The monoisotopic (exact) mass is 314 g/mol. The van der Waals surface area contributed by atoms with Crippen molar-refractivity contribution in [3.05, 3.63) is 11.8 Å². The van der Waals surface area contributed by atoms with Gasteiger partial charge in [-0.05, 0) is 25.3 Å². The highest BCUT2D eigenvalue weighted by molar-refractivity contribution is 7.89.